The molecule has 106 valence electrons. The highest BCUT2D eigenvalue weighted by atomic mass is 35.5. The quantitative estimate of drug-likeness (QED) is 0.917. The Hall–Kier alpha value is -0.380. The van der Waals surface area contributed by atoms with Gasteiger partial charge in [-0.15, -0.1) is 12.4 Å². The molecule has 19 heavy (non-hydrogen) atoms. The second-order valence-corrected chi connectivity index (χ2v) is 6.68. The van der Waals surface area contributed by atoms with Crippen LogP contribution in [0.2, 0.25) is 0 Å². The molecule has 2 aliphatic heterocycles. The molecule has 2 aliphatic rings. The molecule has 0 radical (unpaired) electrons. The Bertz CT molecular complexity index is 386. The smallest absolute Gasteiger partial charge is 0.118 e. The van der Waals surface area contributed by atoms with Gasteiger partial charge in [0, 0.05) is 23.1 Å². The lowest BCUT2D eigenvalue weighted by Crippen LogP contribution is -2.39. The number of halogens is 1. The molecular weight excluding hydrogens is 278 g/mol. The van der Waals surface area contributed by atoms with Crippen molar-refractivity contribution in [3.05, 3.63) is 29.8 Å². The number of ether oxygens (including phenoxy) is 1. The Morgan fingerprint density at radius 3 is 2.37 bits per heavy atom. The van der Waals surface area contributed by atoms with Crippen molar-refractivity contribution in [2.45, 2.75) is 48.8 Å². The summed E-state index contributed by atoms with van der Waals surface area (Å²) in [4.78, 5) is 0. The Morgan fingerprint density at radius 1 is 1.16 bits per heavy atom. The van der Waals surface area contributed by atoms with Gasteiger partial charge in [0.25, 0.3) is 0 Å². The summed E-state index contributed by atoms with van der Waals surface area (Å²) < 4.78 is 5.18. The van der Waals surface area contributed by atoms with Gasteiger partial charge in [0.2, 0.25) is 0 Å². The molecule has 0 aliphatic carbocycles. The highest BCUT2D eigenvalue weighted by Crippen LogP contribution is 2.35. The first-order valence-electron chi connectivity index (χ1n) is 6.84. The maximum atomic E-state index is 5.18. The molecule has 2 bridgehead atoms. The summed E-state index contributed by atoms with van der Waals surface area (Å²) in [6, 6.07) is 10.1. The fourth-order valence-electron chi connectivity index (χ4n) is 3.08. The van der Waals surface area contributed by atoms with Crippen LogP contribution >= 0.6 is 24.2 Å². The largest absolute Gasteiger partial charge is 0.497 e. The van der Waals surface area contributed by atoms with Gasteiger partial charge in [-0.3, -0.25) is 0 Å². The molecule has 2 saturated heterocycles. The predicted octanol–water partition coefficient (Wildman–Crippen LogP) is 3.63. The zero-order valence-corrected chi connectivity index (χ0v) is 12.9. The molecule has 2 fully saturated rings. The Kier molecular flexibility index (Phi) is 5.43. The van der Waals surface area contributed by atoms with E-state index >= 15 is 0 Å². The molecule has 3 rings (SSSR count). The van der Waals surface area contributed by atoms with Crippen molar-refractivity contribution in [2.24, 2.45) is 0 Å². The van der Waals surface area contributed by atoms with Crippen molar-refractivity contribution in [3.8, 4) is 5.75 Å². The van der Waals surface area contributed by atoms with E-state index in [0.29, 0.717) is 0 Å². The van der Waals surface area contributed by atoms with Crippen LogP contribution in [-0.4, -0.2) is 24.4 Å². The van der Waals surface area contributed by atoms with Gasteiger partial charge in [-0.25, -0.2) is 0 Å². The summed E-state index contributed by atoms with van der Waals surface area (Å²) >= 11 is 2.13. The van der Waals surface area contributed by atoms with Crippen molar-refractivity contribution in [2.75, 3.05) is 7.11 Å². The normalized spacial score (nSPS) is 28.8. The van der Waals surface area contributed by atoms with Crippen molar-refractivity contribution in [1.82, 2.24) is 5.32 Å². The summed E-state index contributed by atoms with van der Waals surface area (Å²) in [5, 5.41) is 4.56. The first-order chi connectivity index (χ1) is 8.83. The van der Waals surface area contributed by atoms with Crippen LogP contribution < -0.4 is 10.1 Å². The van der Waals surface area contributed by atoms with E-state index in [0.717, 1.165) is 28.8 Å². The third-order valence-corrected chi connectivity index (χ3v) is 5.43. The van der Waals surface area contributed by atoms with E-state index in [-0.39, 0.29) is 12.4 Å². The van der Waals surface area contributed by atoms with Crippen LogP contribution in [0.15, 0.2) is 24.3 Å². The number of fused-ring (bicyclic) bond motifs is 2. The molecule has 0 spiro atoms. The predicted molar refractivity (Wildman–Crippen MR) is 84.5 cm³/mol. The minimum absolute atomic E-state index is 0. The summed E-state index contributed by atoms with van der Waals surface area (Å²) in [6.45, 7) is 0. The SMILES string of the molecule is COc1ccc(CS[C@@H]2C[C@H]3CC[C@@H](C2)N3)cc1.Cl. The van der Waals surface area contributed by atoms with E-state index < -0.39 is 0 Å². The van der Waals surface area contributed by atoms with Crippen LogP contribution in [0, 0.1) is 0 Å². The van der Waals surface area contributed by atoms with Gasteiger partial charge in [0.05, 0.1) is 7.11 Å². The van der Waals surface area contributed by atoms with Crippen molar-refractivity contribution in [1.29, 1.82) is 0 Å². The van der Waals surface area contributed by atoms with Crippen LogP contribution in [0.3, 0.4) is 0 Å². The first-order valence-corrected chi connectivity index (χ1v) is 7.89. The number of hydrogen-bond acceptors (Lipinski definition) is 3. The number of thioether (sulfide) groups is 1. The van der Waals surface area contributed by atoms with Gasteiger partial charge in [-0.2, -0.15) is 11.8 Å². The lowest BCUT2D eigenvalue weighted by Gasteiger charge is -2.28. The lowest BCUT2D eigenvalue weighted by molar-refractivity contribution is 0.414. The minimum Gasteiger partial charge on any atom is -0.497 e. The van der Waals surface area contributed by atoms with Gasteiger partial charge < -0.3 is 10.1 Å². The number of benzene rings is 1. The monoisotopic (exact) mass is 299 g/mol. The Labute approximate surface area is 126 Å². The number of piperidine rings is 1. The van der Waals surface area contributed by atoms with E-state index in [1.165, 1.54) is 31.2 Å². The zero-order chi connectivity index (χ0) is 12.4. The molecule has 1 aromatic carbocycles. The van der Waals surface area contributed by atoms with Crippen LogP contribution in [0.25, 0.3) is 0 Å². The van der Waals surface area contributed by atoms with Crippen LogP contribution in [-0.2, 0) is 5.75 Å². The molecule has 0 saturated carbocycles. The molecular formula is C15H22ClNOS. The lowest BCUT2D eigenvalue weighted by atomic mass is 10.1. The summed E-state index contributed by atoms with van der Waals surface area (Å²) in [7, 11) is 1.72. The third kappa shape index (κ3) is 3.80. The third-order valence-electron chi connectivity index (χ3n) is 4.07. The molecule has 2 heterocycles. The molecule has 0 aromatic heterocycles. The van der Waals surface area contributed by atoms with Crippen LogP contribution in [0.4, 0.5) is 0 Å². The van der Waals surface area contributed by atoms with Crippen molar-refractivity contribution < 1.29 is 4.74 Å². The van der Waals surface area contributed by atoms with Crippen molar-refractivity contribution in [3.63, 3.8) is 0 Å². The maximum Gasteiger partial charge on any atom is 0.118 e. The van der Waals surface area contributed by atoms with Gasteiger partial charge in [-0.1, -0.05) is 12.1 Å². The zero-order valence-electron chi connectivity index (χ0n) is 11.3. The standard InChI is InChI=1S/C15H21NOS.ClH/c1-17-14-6-2-11(3-7-14)10-18-15-8-12-4-5-13(9-15)16-12;/h2-3,6-7,12-13,15-16H,4-5,8-10H2,1H3;1H/t12-,13+,15-;. The molecule has 0 unspecified atom stereocenters. The van der Waals surface area contributed by atoms with Gasteiger partial charge in [0.1, 0.15) is 5.75 Å². The van der Waals surface area contributed by atoms with Crippen LogP contribution in [0.1, 0.15) is 31.2 Å². The highest BCUT2D eigenvalue weighted by Gasteiger charge is 2.33. The average Bonchev–Trinajstić information content (AvgIpc) is 2.76. The fraction of sp³-hybridized carbons (Fsp3) is 0.600. The first kappa shape index (κ1) is 15.0. The van der Waals surface area contributed by atoms with Gasteiger partial charge in [0.15, 0.2) is 0 Å². The maximum absolute atomic E-state index is 5.18. The highest BCUT2D eigenvalue weighted by molar-refractivity contribution is 7.99. The Balaban J connectivity index is 0.00000133. The average molecular weight is 300 g/mol. The molecule has 4 heteroatoms. The summed E-state index contributed by atoms with van der Waals surface area (Å²) in [5.74, 6) is 2.08. The van der Waals surface area contributed by atoms with E-state index in [2.05, 4.69) is 41.3 Å². The van der Waals surface area contributed by atoms with Crippen molar-refractivity contribution >= 4 is 24.2 Å². The fourth-order valence-corrected chi connectivity index (χ4v) is 4.43. The van der Waals surface area contributed by atoms with E-state index in [1.54, 1.807) is 7.11 Å². The molecule has 2 nitrogen and oxygen atoms in total. The summed E-state index contributed by atoms with van der Waals surface area (Å²) in [5.41, 5.74) is 1.41. The van der Waals surface area contributed by atoms with Gasteiger partial charge in [-0.05, 0) is 43.4 Å². The van der Waals surface area contributed by atoms with E-state index in [1.807, 2.05) is 0 Å². The Morgan fingerprint density at radius 2 is 1.79 bits per heavy atom. The number of hydrogen-bond donors (Lipinski definition) is 1. The topological polar surface area (TPSA) is 21.3 Å². The van der Waals surface area contributed by atoms with E-state index in [4.69, 9.17) is 4.74 Å². The number of methoxy groups -OCH3 is 1. The summed E-state index contributed by atoms with van der Waals surface area (Å²) in [6.07, 6.45) is 5.50. The van der Waals surface area contributed by atoms with E-state index in [9.17, 15) is 0 Å². The molecule has 1 aromatic rings. The molecule has 1 N–H and O–H groups in total. The molecule has 3 atom stereocenters. The van der Waals surface area contributed by atoms with Gasteiger partial charge >= 0.3 is 0 Å². The minimum atomic E-state index is 0. The second-order valence-electron chi connectivity index (χ2n) is 5.39. The number of nitrogens with one attached hydrogen (secondary N) is 1. The van der Waals surface area contributed by atoms with Crippen LogP contribution in [0.5, 0.6) is 5.75 Å². The number of rotatable bonds is 4. The second kappa shape index (κ2) is 6.87. The molecule has 0 amide bonds.